The maximum Gasteiger partial charge on any atom is 0.243 e. The van der Waals surface area contributed by atoms with Crippen LogP contribution in [-0.4, -0.2) is 82.9 Å². The van der Waals surface area contributed by atoms with E-state index in [0.717, 1.165) is 66.7 Å². The van der Waals surface area contributed by atoms with Crippen molar-refractivity contribution in [3.8, 4) is 5.75 Å². The number of hydrogen-bond acceptors (Lipinski definition) is 6. The molecular formula is C32H40N6O4. The van der Waals surface area contributed by atoms with E-state index in [-0.39, 0.29) is 29.6 Å². The standard InChI is InChI=1S/C32H40N6O4/c1-42-26-6-4-21(5-7-26)14-22-15-29(30(39)35-19-25-16-24-18-33-10-9-27(24)36-25)38(20-22)32(41)28-17-23(8-11-34-28)31(40)37-12-2-3-13-37/h4-7,9-10,16,18,22-23,28-29,34,36H,2-3,8,11-15,17,19-20H2,1H3,(H,35,39)/t22-,23+,28?,29+/m1/s1. The van der Waals surface area contributed by atoms with Gasteiger partial charge in [0.1, 0.15) is 11.8 Å². The summed E-state index contributed by atoms with van der Waals surface area (Å²) >= 11 is 0. The molecule has 0 bridgehead atoms. The smallest absolute Gasteiger partial charge is 0.243 e. The first-order valence-electron chi connectivity index (χ1n) is 15.1. The van der Waals surface area contributed by atoms with Crippen LogP contribution in [0.25, 0.3) is 10.9 Å². The molecule has 42 heavy (non-hydrogen) atoms. The highest BCUT2D eigenvalue weighted by molar-refractivity contribution is 5.91. The number of ether oxygens (including phenoxy) is 1. The topological polar surface area (TPSA) is 120 Å². The van der Waals surface area contributed by atoms with Crippen molar-refractivity contribution >= 4 is 28.6 Å². The summed E-state index contributed by atoms with van der Waals surface area (Å²) in [5.74, 6) is 0.727. The molecule has 3 fully saturated rings. The van der Waals surface area contributed by atoms with E-state index in [9.17, 15) is 14.4 Å². The van der Waals surface area contributed by atoms with E-state index >= 15 is 0 Å². The number of carbonyl (C=O) groups excluding carboxylic acids is 3. The van der Waals surface area contributed by atoms with Gasteiger partial charge in [-0.3, -0.25) is 19.4 Å². The maximum absolute atomic E-state index is 14.0. The first-order chi connectivity index (χ1) is 20.5. The number of amides is 3. The van der Waals surface area contributed by atoms with E-state index < -0.39 is 12.1 Å². The number of nitrogens with one attached hydrogen (secondary N) is 3. The fourth-order valence-electron chi connectivity index (χ4n) is 6.81. The Labute approximate surface area is 246 Å². The number of H-pyrrole nitrogens is 1. The molecule has 2 aromatic heterocycles. The minimum Gasteiger partial charge on any atom is -0.497 e. The molecule has 4 atom stereocenters. The summed E-state index contributed by atoms with van der Waals surface area (Å²) < 4.78 is 5.30. The highest BCUT2D eigenvalue weighted by Crippen LogP contribution is 2.30. The van der Waals surface area contributed by atoms with Crippen LogP contribution in [0.3, 0.4) is 0 Å². The van der Waals surface area contributed by atoms with Gasteiger partial charge in [-0.15, -0.1) is 0 Å². The average molecular weight is 573 g/mol. The molecule has 0 aliphatic carbocycles. The predicted octanol–water partition coefficient (Wildman–Crippen LogP) is 2.64. The van der Waals surface area contributed by atoms with E-state index in [0.29, 0.717) is 32.5 Å². The second-order valence-corrected chi connectivity index (χ2v) is 11.9. The molecule has 10 heteroatoms. The van der Waals surface area contributed by atoms with Crippen molar-refractivity contribution in [2.75, 3.05) is 33.3 Å². The molecular weight excluding hydrogens is 532 g/mol. The molecule has 6 rings (SSSR count). The zero-order valence-electron chi connectivity index (χ0n) is 24.2. The summed E-state index contributed by atoms with van der Waals surface area (Å²) in [6.45, 7) is 3.09. The lowest BCUT2D eigenvalue weighted by atomic mass is 9.90. The maximum atomic E-state index is 14.0. The summed E-state index contributed by atoms with van der Waals surface area (Å²) in [7, 11) is 1.65. The molecule has 222 valence electrons. The minimum absolute atomic E-state index is 0.0806. The Morgan fingerprint density at radius 3 is 2.64 bits per heavy atom. The number of hydrogen-bond donors (Lipinski definition) is 3. The number of rotatable bonds is 8. The summed E-state index contributed by atoms with van der Waals surface area (Å²) in [6.07, 6.45) is 8.19. The SMILES string of the molecule is COc1ccc(C[C@@H]2C[C@@H](C(=O)NCc3cc4cnccc4[nH]3)N(C(=O)C3C[C@@H](C(=O)N4CCCC4)CCN3)C2)cc1. The van der Waals surface area contributed by atoms with Gasteiger partial charge in [-0.1, -0.05) is 12.1 Å². The normalized spacial score (nSPS) is 24.2. The van der Waals surface area contributed by atoms with Gasteiger partial charge in [0.15, 0.2) is 0 Å². The number of likely N-dealkylation sites (tertiary alicyclic amines) is 2. The lowest BCUT2D eigenvalue weighted by molar-refractivity contribution is -0.142. The Morgan fingerprint density at radius 1 is 1.07 bits per heavy atom. The molecule has 1 aromatic carbocycles. The number of fused-ring (bicyclic) bond motifs is 1. The van der Waals surface area contributed by atoms with E-state index in [4.69, 9.17) is 4.74 Å². The predicted molar refractivity (Wildman–Crippen MR) is 159 cm³/mol. The highest BCUT2D eigenvalue weighted by Gasteiger charge is 2.43. The molecule has 3 aromatic rings. The Hall–Kier alpha value is -3.92. The Kier molecular flexibility index (Phi) is 8.41. The van der Waals surface area contributed by atoms with Crippen LogP contribution in [0, 0.1) is 11.8 Å². The number of benzene rings is 1. The van der Waals surface area contributed by atoms with Crippen LogP contribution in [0.5, 0.6) is 5.75 Å². The second-order valence-electron chi connectivity index (χ2n) is 11.9. The molecule has 3 N–H and O–H groups in total. The summed E-state index contributed by atoms with van der Waals surface area (Å²) in [5.41, 5.74) is 3.00. The third kappa shape index (κ3) is 6.13. The molecule has 0 radical (unpaired) electrons. The quantitative estimate of drug-likeness (QED) is 0.382. The largest absolute Gasteiger partial charge is 0.497 e. The van der Waals surface area contributed by atoms with Gasteiger partial charge in [0.25, 0.3) is 0 Å². The molecule has 3 aliphatic rings. The fourth-order valence-corrected chi connectivity index (χ4v) is 6.81. The molecule has 3 amide bonds. The third-order valence-electron chi connectivity index (χ3n) is 9.06. The Balaban J connectivity index is 1.15. The average Bonchev–Trinajstić information content (AvgIpc) is 3.80. The van der Waals surface area contributed by atoms with Crippen LogP contribution in [0.2, 0.25) is 0 Å². The number of pyridine rings is 1. The number of carbonyl (C=O) groups is 3. The number of aromatic nitrogens is 2. The number of piperidine rings is 1. The zero-order valence-corrected chi connectivity index (χ0v) is 24.2. The minimum atomic E-state index is -0.566. The summed E-state index contributed by atoms with van der Waals surface area (Å²) in [5, 5.41) is 7.42. The fraction of sp³-hybridized carbons (Fsp3) is 0.500. The first kappa shape index (κ1) is 28.2. The number of nitrogens with zero attached hydrogens (tertiary/aromatic N) is 3. The van der Waals surface area contributed by atoms with Crippen molar-refractivity contribution in [3.05, 3.63) is 60.0 Å². The van der Waals surface area contributed by atoms with Crippen LogP contribution in [0.1, 0.15) is 43.4 Å². The second kappa shape index (κ2) is 12.5. The van der Waals surface area contributed by atoms with Crippen molar-refractivity contribution in [2.45, 2.75) is 57.2 Å². The van der Waals surface area contributed by atoms with Crippen LogP contribution >= 0.6 is 0 Å². The van der Waals surface area contributed by atoms with Crippen molar-refractivity contribution in [3.63, 3.8) is 0 Å². The van der Waals surface area contributed by atoms with E-state index in [1.807, 2.05) is 41.3 Å². The Morgan fingerprint density at radius 2 is 1.88 bits per heavy atom. The van der Waals surface area contributed by atoms with Gasteiger partial charge >= 0.3 is 0 Å². The van der Waals surface area contributed by atoms with Crippen molar-refractivity contribution < 1.29 is 19.1 Å². The van der Waals surface area contributed by atoms with Crippen molar-refractivity contribution in [2.24, 2.45) is 11.8 Å². The van der Waals surface area contributed by atoms with Gasteiger partial charge in [-0.25, -0.2) is 0 Å². The van der Waals surface area contributed by atoms with Crippen molar-refractivity contribution in [1.82, 2.24) is 30.4 Å². The molecule has 0 spiro atoms. The molecule has 3 saturated heterocycles. The van der Waals surface area contributed by atoms with E-state index in [1.54, 1.807) is 24.4 Å². The van der Waals surface area contributed by atoms with Gasteiger partial charge in [0, 0.05) is 54.5 Å². The molecule has 3 aliphatic heterocycles. The van der Waals surface area contributed by atoms with Gasteiger partial charge in [0.05, 0.1) is 19.7 Å². The van der Waals surface area contributed by atoms with Gasteiger partial charge in [0.2, 0.25) is 17.7 Å². The van der Waals surface area contributed by atoms with Crippen LogP contribution < -0.4 is 15.4 Å². The Bertz CT molecular complexity index is 1380. The molecule has 1 unspecified atom stereocenters. The van der Waals surface area contributed by atoms with Crippen molar-refractivity contribution in [1.29, 1.82) is 0 Å². The van der Waals surface area contributed by atoms with Gasteiger partial charge in [-0.05, 0) is 80.8 Å². The lowest BCUT2D eigenvalue weighted by Crippen LogP contribution is -2.55. The van der Waals surface area contributed by atoms with E-state index in [2.05, 4.69) is 20.6 Å². The third-order valence-corrected chi connectivity index (χ3v) is 9.06. The van der Waals surface area contributed by atoms with Gasteiger partial charge in [-0.2, -0.15) is 0 Å². The number of aromatic amines is 1. The van der Waals surface area contributed by atoms with Crippen LogP contribution in [0.4, 0.5) is 0 Å². The molecule has 10 nitrogen and oxygen atoms in total. The van der Waals surface area contributed by atoms with Crippen LogP contribution in [-0.2, 0) is 27.3 Å². The monoisotopic (exact) mass is 572 g/mol. The molecule has 5 heterocycles. The molecule has 0 saturated carbocycles. The van der Waals surface area contributed by atoms with E-state index in [1.165, 1.54) is 0 Å². The first-order valence-corrected chi connectivity index (χ1v) is 15.1. The summed E-state index contributed by atoms with van der Waals surface area (Å²) in [6, 6.07) is 10.8. The van der Waals surface area contributed by atoms with Gasteiger partial charge < -0.3 is 30.2 Å². The number of methoxy groups -OCH3 is 1. The highest BCUT2D eigenvalue weighted by atomic mass is 16.5. The summed E-state index contributed by atoms with van der Waals surface area (Å²) in [4.78, 5) is 52.0. The zero-order chi connectivity index (χ0) is 29.1. The van der Waals surface area contributed by atoms with Crippen LogP contribution in [0.15, 0.2) is 48.8 Å². The lowest BCUT2D eigenvalue weighted by Gasteiger charge is -2.34.